The summed E-state index contributed by atoms with van der Waals surface area (Å²) in [5.41, 5.74) is 2.84. The molecule has 2 aromatic carbocycles. The molecular formula is C19H14ClFNO3S-. The summed E-state index contributed by atoms with van der Waals surface area (Å²) in [7, 11) is 1.53. The monoisotopic (exact) mass is 390 g/mol. The molecule has 7 heteroatoms. The lowest BCUT2D eigenvalue weighted by Crippen LogP contribution is -1.98. The van der Waals surface area contributed by atoms with Crippen LogP contribution in [0, 0.1) is 5.82 Å². The summed E-state index contributed by atoms with van der Waals surface area (Å²) < 4.78 is 41.1. The zero-order valence-corrected chi connectivity index (χ0v) is 15.3. The van der Waals surface area contributed by atoms with Gasteiger partial charge in [0.2, 0.25) is 0 Å². The van der Waals surface area contributed by atoms with E-state index in [0.717, 1.165) is 11.1 Å². The molecule has 0 fully saturated rings. The van der Waals surface area contributed by atoms with Crippen LogP contribution in [0.4, 0.5) is 4.39 Å². The number of nitrogens with zero attached hydrogens (tertiary/aromatic N) is 1. The minimum absolute atomic E-state index is 0.118. The highest BCUT2D eigenvalue weighted by Gasteiger charge is 2.13. The number of halogens is 2. The quantitative estimate of drug-likeness (QED) is 0.597. The van der Waals surface area contributed by atoms with Crippen LogP contribution >= 0.6 is 11.6 Å². The number of hydrogen-bond donors (Lipinski definition) is 0. The molecule has 3 rings (SSSR count). The first-order valence-electron chi connectivity index (χ1n) is 7.63. The molecule has 0 N–H and O–H groups in total. The molecule has 0 radical (unpaired) electrons. The van der Waals surface area contributed by atoms with E-state index in [1.807, 2.05) is 12.1 Å². The van der Waals surface area contributed by atoms with E-state index >= 15 is 0 Å². The molecular weight excluding hydrogens is 377 g/mol. The van der Waals surface area contributed by atoms with E-state index < -0.39 is 16.9 Å². The first-order valence-corrected chi connectivity index (χ1v) is 9.25. The maximum atomic E-state index is 14.3. The molecule has 26 heavy (non-hydrogen) atoms. The third-order valence-electron chi connectivity index (χ3n) is 3.87. The first kappa shape index (κ1) is 18.5. The van der Waals surface area contributed by atoms with Crippen LogP contribution < -0.4 is 4.74 Å². The zero-order valence-electron chi connectivity index (χ0n) is 13.7. The standard InChI is InChI=1S/C19H15ClFNO3S/c1-25-18-10-12(6-7-16(18)20)15-3-2-8-22-19(15)13-4-5-14(11-26(23)24)17(21)9-13/h2-10H,11H2,1H3,(H,23,24)/p-1. The van der Waals surface area contributed by atoms with Crippen LogP contribution in [-0.2, 0) is 16.8 Å². The van der Waals surface area contributed by atoms with E-state index in [1.54, 1.807) is 30.5 Å². The largest absolute Gasteiger partial charge is 0.772 e. The average Bonchev–Trinajstić information content (AvgIpc) is 2.63. The van der Waals surface area contributed by atoms with Crippen molar-refractivity contribution in [3.05, 3.63) is 71.1 Å². The fraction of sp³-hybridized carbons (Fsp3) is 0.105. The summed E-state index contributed by atoms with van der Waals surface area (Å²) in [6.07, 6.45) is 1.62. The van der Waals surface area contributed by atoms with E-state index in [1.165, 1.54) is 19.2 Å². The second-order valence-electron chi connectivity index (χ2n) is 5.50. The Morgan fingerprint density at radius 1 is 1.19 bits per heavy atom. The third-order valence-corrected chi connectivity index (χ3v) is 4.73. The predicted octanol–water partition coefficient (Wildman–Crippen LogP) is 4.60. The summed E-state index contributed by atoms with van der Waals surface area (Å²) in [5, 5.41) is 0.489. The molecule has 0 saturated heterocycles. The Kier molecular flexibility index (Phi) is 5.66. The SMILES string of the molecule is COc1cc(-c2cccnc2-c2ccc(CS(=O)[O-])c(F)c2)ccc1Cl. The van der Waals surface area contributed by atoms with E-state index in [4.69, 9.17) is 16.3 Å². The van der Waals surface area contributed by atoms with Crippen molar-refractivity contribution in [2.45, 2.75) is 5.75 Å². The van der Waals surface area contributed by atoms with E-state index in [9.17, 15) is 13.2 Å². The van der Waals surface area contributed by atoms with Crippen molar-refractivity contribution in [1.82, 2.24) is 4.98 Å². The summed E-state index contributed by atoms with van der Waals surface area (Å²) in [5.74, 6) is -0.425. The molecule has 0 bridgehead atoms. The van der Waals surface area contributed by atoms with Crippen LogP contribution in [0.2, 0.25) is 5.02 Å². The number of pyridine rings is 1. The van der Waals surface area contributed by atoms with Crippen molar-refractivity contribution in [2.75, 3.05) is 7.11 Å². The second-order valence-corrected chi connectivity index (χ2v) is 6.81. The number of rotatable bonds is 5. The number of hydrogen-bond acceptors (Lipinski definition) is 4. The molecule has 134 valence electrons. The van der Waals surface area contributed by atoms with Crippen LogP contribution in [0.5, 0.6) is 5.75 Å². The van der Waals surface area contributed by atoms with Gasteiger partial charge in [-0.3, -0.25) is 9.19 Å². The molecule has 0 aliphatic heterocycles. The van der Waals surface area contributed by atoms with Crippen LogP contribution in [0.25, 0.3) is 22.4 Å². The minimum atomic E-state index is -2.35. The van der Waals surface area contributed by atoms with E-state index in [-0.39, 0.29) is 11.3 Å². The van der Waals surface area contributed by atoms with Crippen molar-refractivity contribution in [1.29, 1.82) is 0 Å². The minimum Gasteiger partial charge on any atom is -0.772 e. The van der Waals surface area contributed by atoms with Gasteiger partial charge < -0.3 is 9.29 Å². The summed E-state index contributed by atoms with van der Waals surface area (Å²) in [6, 6.07) is 13.4. The molecule has 1 unspecified atom stereocenters. The second kappa shape index (κ2) is 7.95. The molecule has 3 aromatic rings. The fourth-order valence-electron chi connectivity index (χ4n) is 2.63. The van der Waals surface area contributed by atoms with Gasteiger partial charge in [-0.15, -0.1) is 0 Å². The van der Waals surface area contributed by atoms with Gasteiger partial charge in [0.05, 0.1) is 17.8 Å². The van der Waals surface area contributed by atoms with Gasteiger partial charge in [0.1, 0.15) is 11.6 Å². The van der Waals surface area contributed by atoms with Crippen LogP contribution in [-0.4, -0.2) is 20.9 Å². The highest BCUT2D eigenvalue weighted by molar-refractivity contribution is 7.78. The third kappa shape index (κ3) is 3.93. The molecule has 0 amide bonds. The topological polar surface area (TPSA) is 62.2 Å². The van der Waals surface area contributed by atoms with Crippen molar-refractivity contribution in [3.8, 4) is 28.1 Å². The van der Waals surface area contributed by atoms with Gasteiger partial charge in [0.25, 0.3) is 0 Å². The Hall–Kier alpha value is -2.28. The Bertz CT molecular complexity index is 981. The van der Waals surface area contributed by atoms with Gasteiger partial charge in [0.15, 0.2) is 0 Å². The van der Waals surface area contributed by atoms with Gasteiger partial charge in [0, 0.05) is 23.1 Å². The number of methoxy groups -OCH3 is 1. The number of aromatic nitrogens is 1. The van der Waals surface area contributed by atoms with E-state index in [2.05, 4.69) is 4.98 Å². The molecule has 1 atom stereocenters. The van der Waals surface area contributed by atoms with Crippen LogP contribution in [0.3, 0.4) is 0 Å². The highest BCUT2D eigenvalue weighted by Crippen LogP contribution is 2.35. The Balaban J connectivity index is 2.08. The Morgan fingerprint density at radius 3 is 2.65 bits per heavy atom. The summed E-state index contributed by atoms with van der Waals surface area (Å²) in [4.78, 5) is 4.37. The van der Waals surface area contributed by atoms with Crippen molar-refractivity contribution in [3.63, 3.8) is 0 Å². The first-order chi connectivity index (χ1) is 12.5. The van der Waals surface area contributed by atoms with Crippen LogP contribution in [0.1, 0.15) is 5.56 Å². The summed E-state index contributed by atoms with van der Waals surface area (Å²) >= 11 is 3.73. The lowest BCUT2D eigenvalue weighted by atomic mass is 9.98. The van der Waals surface area contributed by atoms with Gasteiger partial charge in [-0.2, -0.15) is 0 Å². The maximum absolute atomic E-state index is 14.3. The van der Waals surface area contributed by atoms with Gasteiger partial charge >= 0.3 is 0 Å². The van der Waals surface area contributed by atoms with Gasteiger partial charge in [-0.25, -0.2) is 4.39 Å². The smallest absolute Gasteiger partial charge is 0.138 e. The van der Waals surface area contributed by atoms with Crippen molar-refractivity contribution in [2.24, 2.45) is 0 Å². The lowest BCUT2D eigenvalue weighted by molar-refractivity contribution is 0.415. The molecule has 0 aliphatic rings. The molecule has 0 aliphatic carbocycles. The fourth-order valence-corrected chi connectivity index (χ4v) is 3.32. The average molecular weight is 391 g/mol. The zero-order chi connectivity index (χ0) is 18.7. The molecule has 0 spiro atoms. The number of ether oxygens (including phenoxy) is 1. The lowest BCUT2D eigenvalue weighted by Gasteiger charge is -2.12. The van der Waals surface area contributed by atoms with Crippen LogP contribution in [0.15, 0.2) is 54.7 Å². The Labute approximate surface area is 157 Å². The van der Waals surface area contributed by atoms with Gasteiger partial charge in [-0.1, -0.05) is 46.9 Å². The normalized spacial score (nSPS) is 12.0. The predicted molar refractivity (Wildman–Crippen MR) is 99.3 cm³/mol. The Morgan fingerprint density at radius 2 is 1.96 bits per heavy atom. The summed E-state index contributed by atoms with van der Waals surface area (Å²) in [6.45, 7) is 0. The molecule has 4 nitrogen and oxygen atoms in total. The van der Waals surface area contributed by atoms with Crippen molar-refractivity contribution < 1.29 is 17.9 Å². The number of benzene rings is 2. The molecule has 1 heterocycles. The molecule has 1 aromatic heterocycles. The highest BCUT2D eigenvalue weighted by atomic mass is 35.5. The molecule has 0 saturated carbocycles. The van der Waals surface area contributed by atoms with Gasteiger partial charge in [-0.05, 0) is 35.4 Å². The maximum Gasteiger partial charge on any atom is 0.138 e. The van der Waals surface area contributed by atoms with Crippen molar-refractivity contribution >= 4 is 22.7 Å². The van der Waals surface area contributed by atoms with E-state index in [0.29, 0.717) is 22.0 Å².